The molecule has 5 rings (SSSR count). The van der Waals surface area contributed by atoms with Crippen LogP contribution in [0.25, 0.3) is 17.2 Å². The number of carbonyl (C=O) groups is 1. The van der Waals surface area contributed by atoms with Crippen molar-refractivity contribution in [1.82, 2.24) is 30.0 Å². The third kappa shape index (κ3) is 5.06. The molecule has 0 bridgehead atoms. The Morgan fingerprint density at radius 3 is 2.55 bits per heavy atom. The summed E-state index contributed by atoms with van der Waals surface area (Å²) in [5, 5.41) is 11.3. The molecule has 196 valence electrons. The predicted octanol–water partition coefficient (Wildman–Crippen LogP) is 4.96. The number of para-hydroxylation sites is 1. The smallest absolute Gasteiger partial charge is 0.433 e. The maximum Gasteiger partial charge on any atom is 0.433 e. The third-order valence-electron chi connectivity index (χ3n) is 6.17. The first kappa shape index (κ1) is 25.3. The van der Waals surface area contributed by atoms with Crippen molar-refractivity contribution < 1.29 is 27.1 Å². The molecule has 1 aliphatic rings. The average molecular weight is 526 g/mol. The topological polar surface area (TPSA) is 94.8 Å². The SMILES string of the molecule is CCOc1ccc(-c2nnc(C3CC(NC(=O)c4cccc(C(F)(F)F)n4)C3)n2-c2ccccc2F)nc1. The van der Waals surface area contributed by atoms with Crippen LogP contribution >= 0.6 is 0 Å². The maximum atomic E-state index is 14.9. The van der Waals surface area contributed by atoms with E-state index in [-0.39, 0.29) is 23.3 Å². The van der Waals surface area contributed by atoms with Gasteiger partial charge in [-0.2, -0.15) is 13.2 Å². The van der Waals surface area contributed by atoms with E-state index < -0.39 is 23.6 Å². The molecule has 0 atom stereocenters. The number of nitrogens with zero attached hydrogens (tertiary/aromatic N) is 5. The van der Waals surface area contributed by atoms with Crippen molar-refractivity contribution in [2.75, 3.05) is 6.61 Å². The van der Waals surface area contributed by atoms with Gasteiger partial charge >= 0.3 is 6.18 Å². The number of alkyl halides is 3. The molecule has 0 unspecified atom stereocenters. The number of carbonyl (C=O) groups excluding carboxylic acids is 1. The molecule has 38 heavy (non-hydrogen) atoms. The molecule has 1 N–H and O–H groups in total. The van der Waals surface area contributed by atoms with Gasteiger partial charge in [0, 0.05) is 12.0 Å². The summed E-state index contributed by atoms with van der Waals surface area (Å²) in [6, 6.07) is 12.5. The number of pyridine rings is 2. The van der Waals surface area contributed by atoms with E-state index in [1.807, 2.05) is 6.92 Å². The van der Waals surface area contributed by atoms with Crippen LogP contribution < -0.4 is 10.1 Å². The normalized spacial score (nSPS) is 17.1. The molecular formula is C26H22F4N6O2. The van der Waals surface area contributed by atoms with Crippen molar-refractivity contribution >= 4 is 5.91 Å². The van der Waals surface area contributed by atoms with Crippen molar-refractivity contribution in [2.24, 2.45) is 0 Å². The zero-order valence-corrected chi connectivity index (χ0v) is 20.1. The van der Waals surface area contributed by atoms with E-state index in [9.17, 15) is 22.4 Å². The van der Waals surface area contributed by atoms with Crippen molar-refractivity contribution in [1.29, 1.82) is 0 Å². The van der Waals surface area contributed by atoms with E-state index in [4.69, 9.17) is 4.74 Å². The number of halogens is 4. The van der Waals surface area contributed by atoms with Gasteiger partial charge in [-0.3, -0.25) is 9.36 Å². The number of ether oxygens (including phenoxy) is 1. The Morgan fingerprint density at radius 1 is 1.08 bits per heavy atom. The van der Waals surface area contributed by atoms with E-state index in [1.165, 1.54) is 12.1 Å². The fraction of sp³-hybridized carbons (Fsp3) is 0.269. The predicted molar refractivity (Wildman–Crippen MR) is 128 cm³/mol. The number of rotatable bonds is 7. The molecule has 0 saturated heterocycles. The molecule has 1 aromatic carbocycles. The minimum Gasteiger partial charge on any atom is -0.492 e. The second kappa shape index (κ2) is 10.2. The van der Waals surface area contributed by atoms with Crippen LogP contribution in [0.3, 0.4) is 0 Å². The number of amides is 1. The molecule has 8 nitrogen and oxygen atoms in total. The minimum atomic E-state index is -4.65. The van der Waals surface area contributed by atoms with E-state index in [0.29, 0.717) is 42.5 Å². The monoisotopic (exact) mass is 526 g/mol. The fourth-order valence-electron chi connectivity index (χ4n) is 4.29. The summed E-state index contributed by atoms with van der Waals surface area (Å²) in [6.07, 6.45) is -2.22. The highest BCUT2D eigenvalue weighted by molar-refractivity contribution is 5.92. The molecule has 1 aliphatic carbocycles. The van der Waals surface area contributed by atoms with Gasteiger partial charge in [-0.15, -0.1) is 10.2 Å². The van der Waals surface area contributed by atoms with Crippen LogP contribution in [-0.2, 0) is 6.18 Å². The Bertz CT molecular complexity index is 1450. The average Bonchev–Trinajstić information content (AvgIpc) is 3.30. The molecule has 0 spiro atoms. The molecule has 0 radical (unpaired) electrons. The lowest BCUT2D eigenvalue weighted by Gasteiger charge is -2.35. The first-order valence-corrected chi connectivity index (χ1v) is 11.9. The summed E-state index contributed by atoms with van der Waals surface area (Å²) in [5.74, 6) is 0.0618. The van der Waals surface area contributed by atoms with Crippen LogP contribution in [0.4, 0.5) is 17.6 Å². The highest BCUT2D eigenvalue weighted by atomic mass is 19.4. The number of nitrogens with one attached hydrogen (secondary N) is 1. The van der Waals surface area contributed by atoms with Gasteiger partial charge in [0.05, 0.1) is 18.5 Å². The van der Waals surface area contributed by atoms with Gasteiger partial charge < -0.3 is 10.1 Å². The lowest BCUT2D eigenvalue weighted by molar-refractivity contribution is -0.141. The van der Waals surface area contributed by atoms with Crippen molar-refractivity contribution in [3.8, 4) is 23.0 Å². The zero-order chi connectivity index (χ0) is 26.9. The zero-order valence-electron chi connectivity index (χ0n) is 20.1. The first-order valence-electron chi connectivity index (χ1n) is 11.9. The summed E-state index contributed by atoms with van der Waals surface area (Å²) < 4.78 is 60.8. The van der Waals surface area contributed by atoms with E-state index in [2.05, 4.69) is 25.5 Å². The summed E-state index contributed by atoms with van der Waals surface area (Å²) in [4.78, 5) is 20.4. The van der Waals surface area contributed by atoms with E-state index in [0.717, 1.165) is 12.1 Å². The van der Waals surface area contributed by atoms with Crippen LogP contribution in [0.15, 0.2) is 60.8 Å². The highest BCUT2D eigenvalue weighted by Crippen LogP contribution is 2.39. The van der Waals surface area contributed by atoms with Crippen LogP contribution in [0.2, 0.25) is 0 Å². The number of hydrogen-bond acceptors (Lipinski definition) is 6. The van der Waals surface area contributed by atoms with Crippen LogP contribution in [-0.4, -0.2) is 43.3 Å². The lowest BCUT2D eigenvalue weighted by atomic mass is 9.79. The molecule has 4 aromatic rings. The summed E-state index contributed by atoms with van der Waals surface area (Å²) >= 11 is 0. The molecular weight excluding hydrogens is 504 g/mol. The highest BCUT2D eigenvalue weighted by Gasteiger charge is 2.37. The Hall–Kier alpha value is -4.35. The van der Waals surface area contributed by atoms with Gasteiger partial charge in [0.2, 0.25) is 0 Å². The standard InChI is InChI=1S/C26H22F4N6O2/c1-2-38-17-10-11-19(31-14-17)24-35-34-23(36(24)21-8-4-3-6-18(21)27)15-12-16(13-15)32-25(37)20-7-5-9-22(33-20)26(28,29)30/h3-11,14-16H,2,12-13H2,1H3,(H,32,37). The van der Waals surface area contributed by atoms with Gasteiger partial charge in [0.15, 0.2) is 5.82 Å². The van der Waals surface area contributed by atoms with Gasteiger partial charge in [-0.25, -0.2) is 14.4 Å². The Labute approximate surface area is 214 Å². The van der Waals surface area contributed by atoms with Gasteiger partial charge in [-0.05, 0) is 56.2 Å². The largest absolute Gasteiger partial charge is 0.492 e. The second-order valence-corrected chi connectivity index (χ2v) is 8.73. The Balaban J connectivity index is 1.37. The number of benzene rings is 1. The first-order chi connectivity index (χ1) is 18.2. The molecule has 1 saturated carbocycles. The third-order valence-corrected chi connectivity index (χ3v) is 6.17. The summed E-state index contributed by atoms with van der Waals surface area (Å²) in [7, 11) is 0. The van der Waals surface area contributed by atoms with Gasteiger partial charge in [-0.1, -0.05) is 18.2 Å². The van der Waals surface area contributed by atoms with E-state index >= 15 is 0 Å². The van der Waals surface area contributed by atoms with Crippen LogP contribution in [0, 0.1) is 5.82 Å². The fourth-order valence-corrected chi connectivity index (χ4v) is 4.29. The van der Waals surface area contributed by atoms with E-state index in [1.54, 1.807) is 41.1 Å². The van der Waals surface area contributed by atoms with Crippen molar-refractivity contribution in [2.45, 2.75) is 37.9 Å². The number of aromatic nitrogens is 5. The van der Waals surface area contributed by atoms with Crippen LogP contribution in [0.5, 0.6) is 5.75 Å². The van der Waals surface area contributed by atoms with Crippen molar-refractivity contribution in [3.05, 3.63) is 83.8 Å². The lowest BCUT2D eigenvalue weighted by Crippen LogP contribution is -2.44. The summed E-state index contributed by atoms with van der Waals surface area (Å²) in [5.41, 5.74) is -0.735. The maximum absolute atomic E-state index is 14.9. The minimum absolute atomic E-state index is 0.182. The molecule has 12 heteroatoms. The van der Waals surface area contributed by atoms with Crippen molar-refractivity contribution in [3.63, 3.8) is 0 Å². The second-order valence-electron chi connectivity index (χ2n) is 8.73. The van der Waals surface area contributed by atoms with Gasteiger partial charge in [0.1, 0.15) is 34.5 Å². The quantitative estimate of drug-likeness (QED) is 0.342. The van der Waals surface area contributed by atoms with Gasteiger partial charge in [0.25, 0.3) is 5.91 Å². The molecule has 1 amide bonds. The Kier molecular flexibility index (Phi) is 6.79. The Morgan fingerprint density at radius 2 is 1.87 bits per heavy atom. The van der Waals surface area contributed by atoms with Crippen LogP contribution in [0.1, 0.15) is 47.7 Å². The molecule has 3 aromatic heterocycles. The number of hydrogen-bond donors (Lipinski definition) is 1. The molecule has 0 aliphatic heterocycles. The molecule has 1 fully saturated rings. The molecule has 3 heterocycles. The summed E-state index contributed by atoms with van der Waals surface area (Å²) in [6.45, 7) is 2.35.